The van der Waals surface area contributed by atoms with Gasteiger partial charge in [-0.3, -0.25) is 9.52 Å². The molecule has 2 aromatic carbocycles. The highest BCUT2D eigenvalue weighted by Gasteiger charge is 2.22. The lowest BCUT2D eigenvalue weighted by Crippen LogP contribution is -2.42. The second kappa shape index (κ2) is 8.97. The van der Waals surface area contributed by atoms with E-state index >= 15 is 0 Å². The number of nitrogens with one attached hydrogen (secondary N) is 2. The molecule has 2 N–H and O–H groups in total. The molecular weight excluding hydrogens is 396 g/mol. The van der Waals surface area contributed by atoms with E-state index in [1.54, 1.807) is 12.1 Å². The predicted molar refractivity (Wildman–Crippen MR) is 114 cm³/mol. The third-order valence-electron chi connectivity index (χ3n) is 4.53. The minimum Gasteiger partial charge on any atom is -0.349 e. The average Bonchev–Trinajstić information content (AvgIpc) is 2.60. The largest absolute Gasteiger partial charge is 0.349 e. The molecule has 0 radical (unpaired) electrons. The van der Waals surface area contributed by atoms with Gasteiger partial charge < -0.3 is 5.32 Å². The van der Waals surface area contributed by atoms with Gasteiger partial charge >= 0.3 is 0 Å². The van der Waals surface area contributed by atoms with Gasteiger partial charge in [-0.2, -0.15) is 0 Å². The Bertz CT molecular complexity index is 931. The molecule has 2 aromatic rings. The smallest absolute Gasteiger partial charge is 0.261 e. The molecule has 0 heterocycles. The lowest BCUT2D eigenvalue weighted by atomic mass is 9.93. The van der Waals surface area contributed by atoms with Crippen LogP contribution in [-0.4, -0.2) is 20.4 Å². The van der Waals surface area contributed by atoms with Gasteiger partial charge in [0.05, 0.1) is 15.5 Å². The monoisotopic (exact) mass is 422 g/mol. The van der Waals surface area contributed by atoms with Gasteiger partial charge in [-0.15, -0.1) is 0 Å². The fourth-order valence-corrected chi connectivity index (χ4v) is 4.28. The van der Waals surface area contributed by atoms with Crippen molar-refractivity contribution in [1.82, 2.24) is 5.32 Å². The van der Waals surface area contributed by atoms with E-state index in [0.717, 1.165) is 5.56 Å². The Balaban J connectivity index is 2.27. The van der Waals surface area contributed by atoms with Gasteiger partial charge in [-0.25, -0.2) is 8.42 Å². The Morgan fingerprint density at radius 3 is 2.07 bits per heavy atom. The Labute approximate surface area is 172 Å². The molecule has 0 spiro atoms. The van der Waals surface area contributed by atoms with Crippen LogP contribution in [0.3, 0.4) is 0 Å². The van der Waals surface area contributed by atoms with Crippen molar-refractivity contribution in [2.45, 2.75) is 45.6 Å². The van der Waals surface area contributed by atoms with Gasteiger partial charge in [0.2, 0.25) is 0 Å². The maximum atomic E-state index is 12.7. The summed E-state index contributed by atoms with van der Waals surface area (Å²) in [5.41, 5.74) is 1.48. The maximum Gasteiger partial charge on any atom is 0.261 e. The SMILES string of the molecule is Cc1ccc(S(=O)(=O)Nc2ccc(Cl)c(C(=O)NC(C(C)C)C(C)C)c2)cc1. The van der Waals surface area contributed by atoms with E-state index in [9.17, 15) is 13.2 Å². The molecular formula is C21H27ClN2O3S. The van der Waals surface area contributed by atoms with Gasteiger partial charge in [0.25, 0.3) is 15.9 Å². The number of carbonyl (C=O) groups is 1. The summed E-state index contributed by atoms with van der Waals surface area (Å²) in [7, 11) is -3.76. The van der Waals surface area contributed by atoms with Crippen molar-refractivity contribution in [1.29, 1.82) is 0 Å². The second-order valence-corrected chi connectivity index (χ2v) is 9.69. The summed E-state index contributed by atoms with van der Waals surface area (Å²) in [5, 5.41) is 3.27. The molecule has 1 amide bonds. The lowest BCUT2D eigenvalue weighted by Gasteiger charge is -2.26. The standard InChI is InChI=1S/C21H27ClN2O3S/c1-13(2)20(14(3)4)23-21(25)18-12-16(8-11-19(18)22)24-28(26,27)17-9-6-15(5)7-10-17/h6-14,20,24H,1-5H3,(H,23,25). The van der Waals surface area contributed by atoms with Crippen LogP contribution in [0.15, 0.2) is 47.4 Å². The minimum atomic E-state index is -3.76. The van der Waals surface area contributed by atoms with Crippen LogP contribution in [0.2, 0.25) is 5.02 Å². The van der Waals surface area contributed by atoms with Gasteiger partial charge in [0.1, 0.15) is 0 Å². The van der Waals surface area contributed by atoms with E-state index in [2.05, 4.69) is 10.0 Å². The summed E-state index contributed by atoms with van der Waals surface area (Å²) in [5.74, 6) is 0.186. The zero-order chi connectivity index (χ0) is 21.1. The molecule has 0 saturated heterocycles. The van der Waals surface area contributed by atoms with E-state index in [1.165, 1.54) is 30.3 Å². The third-order valence-corrected chi connectivity index (χ3v) is 6.26. The highest BCUT2D eigenvalue weighted by atomic mass is 35.5. The Kier molecular flexibility index (Phi) is 7.12. The topological polar surface area (TPSA) is 75.3 Å². The van der Waals surface area contributed by atoms with E-state index in [0.29, 0.717) is 0 Å². The number of anilines is 1. The number of benzene rings is 2. The van der Waals surface area contributed by atoms with E-state index in [4.69, 9.17) is 11.6 Å². The first-order valence-electron chi connectivity index (χ1n) is 9.21. The first-order valence-corrected chi connectivity index (χ1v) is 11.1. The van der Waals surface area contributed by atoms with Crippen LogP contribution < -0.4 is 10.0 Å². The van der Waals surface area contributed by atoms with Crippen LogP contribution in [0.25, 0.3) is 0 Å². The minimum absolute atomic E-state index is 0.0172. The van der Waals surface area contributed by atoms with Crippen LogP contribution in [0, 0.1) is 18.8 Å². The Morgan fingerprint density at radius 1 is 0.964 bits per heavy atom. The third kappa shape index (κ3) is 5.49. The van der Waals surface area contributed by atoms with Crippen LogP contribution in [0.5, 0.6) is 0 Å². The number of hydrogen-bond acceptors (Lipinski definition) is 3. The molecule has 152 valence electrons. The van der Waals surface area contributed by atoms with Gasteiger partial charge in [0.15, 0.2) is 0 Å². The molecule has 0 aliphatic heterocycles. The average molecular weight is 423 g/mol. The maximum absolute atomic E-state index is 12.7. The number of aryl methyl sites for hydroxylation is 1. The number of hydrogen-bond donors (Lipinski definition) is 2. The molecule has 0 bridgehead atoms. The molecule has 0 aromatic heterocycles. The zero-order valence-electron chi connectivity index (χ0n) is 16.8. The van der Waals surface area contributed by atoms with E-state index < -0.39 is 10.0 Å². The number of sulfonamides is 1. The summed E-state index contributed by atoms with van der Waals surface area (Å²) in [6.45, 7) is 10.0. The summed E-state index contributed by atoms with van der Waals surface area (Å²) in [6.07, 6.45) is 0. The fourth-order valence-electron chi connectivity index (χ4n) is 3.03. The summed E-state index contributed by atoms with van der Waals surface area (Å²) in [6, 6.07) is 11.0. The Morgan fingerprint density at radius 2 is 1.54 bits per heavy atom. The van der Waals surface area contributed by atoms with Gasteiger partial charge in [-0.05, 0) is 49.1 Å². The highest BCUT2D eigenvalue weighted by Crippen LogP contribution is 2.24. The first kappa shape index (κ1) is 22.2. The second-order valence-electron chi connectivity index (χ2n) is 7.60. The van der Waals surface area contributed by atoms with E-state index in [1.807, 2.05) is 34.6 Å². The number of halogens is 1. The molecule has 2 rings (SSSR count). The van der Waals surface area contributed by atoms with Crippen molar-refractivity contribution >= 4 is 33.2 Å². The van der Waals surface area contributed by atoms with Crippen LogP contribution in [0.1, 0.15) is 43.6 Å². The molecule has 0 aliphatic rings. The molecule has 5 nitrogen and oxygen atoms in total. The summed E-state index contributed by atoms with van der Waals surface area (Å²) >= 11 is 6.20. The molecule has 0 unspecified atom stereocenters. The number of rotatable bonds is 7. The zero-order valence-corrected chi connectivity index (χ0v) is 18.4. The van der Waals surface area contributed by atoms with Crippen LogP contribution >= 0.6 is 11.6 Å². The van der Waals surface area contributed by atoms with Crippen molar-refractivity contribution in [3.63, 3.8) is 0 Å². The van der Waals surface area contributed by atoms with Crippen molar-refractivity contribution < 1.29 is 13.2 Å². The van der Waals surface area contributed by atoms with Crippen LogP contribution in [-0.2, 0) is 10.0 Å². The van der Waals surface area contributed by atoms with Crippen molar-refractivity contribution in [3.8, 4) is 0 Å². The fraction of sp³-hybridized carbons (Fsp3) is 0.381. The lowest BCUT2D eigenvalue weighted by molar-refractivity contribution is 0.0910. The van der Waals surface area contributed by atoms with Gasteiger partial charge in [-0.1, -0.05) is 57.0 Å². The van der Waals surface area contributed by atoms with Crippen molar-refractivity contribution in [2.24, 2.45) is 11.8 Å². The molecule has 7 heteroatoms. The number of carbonyl (C=O) groups excluding carboxylic acids is 1. The normalized spacial score (nSPS) is 11.9. The molecule has 0 fully saturated rings. The predicted octanol–water partition coefficient (Wildman–Crippen LogP) is 4.86. The summed E-state index contributed by atoms with van der Waals surface area (Å²) in [4.78, 5) is 12.9. The molecule has 0 aliphatic carbocycles. The Hall–Kier alpha value is -2.05. The molecule has 0 saturated carbocycles. The van der Waals surface area contributed by atoms with Crippen molar-refractivity contribution in [3.05, 3.63) is 58.6 Å². The van der Waals surface area contributed by atoms with Crippen molar-refractivity contribution in [2.75, 3.05) is 4.72 Å². The quantitative estimate of drug-likeness (QED) is 0.669. The summed E-state index contributed by atoms with van der Waals surface area (Å²) < 4.78 is 27.7. The van der Waals surface area contributed by atoms with Crippen LogP contribution in [0.4, 0.5) is 5.69 Å². The number of amides is 1. The first-order chi connectivity index (χ1) is 13.0. The molecule has 28 heavy (non-hydrogen) atoms. The highest BCUT2D eigenvalue weighted by molar-refractivity contribution is 7.92. The van der Waals surface area contributed by atoms with Gasteiger partial charge in [0, 0.05) is 11.7 Å². The molecule has 0 atom stereocenters. The van der Waals surface area contributed by atoms with E-state index in [-0.39, 0.29) is 45.0 Å².